The van der Waals surface area contributed by atoms with Crippen LogP contribution in [0.4, 0.5) is 0 Å². The largest absolute Gasteiger partial charge is 0.387 e. The number of aliphatic hydroxyl groups is 1. The molecule has 1 aromatic heterocycles. The Morgan fingerprint density at radius 1 is 1.53 bits per heavy atom. The highest BCUT2D eigenvalue weighted by Crippen LogP contribution is 2.26. The highest BCUT2D eigenvalue weighted by Gasteiger charge is 2.40. The molecule has 5 nitrogen and oxygen atoms in total. The van der Waals surface area contributed by atoms with Crippen molar-refractivity contribution in [2.75, 3.05) is 13.1 Å². The number of nitrogens with zero attached hydrogens (tertiary/aromatic N) is 3. The Labute approximate surface area is 89.1 Å². The van der Waals surface area contributed by atoms with Crippen LogP contribution in [0.5, 0.6) is 0 Å². The van der Waals surface area contributed by atoms with Gasteiger partial charge in [-0.2, -0.15) is 4.98 Å². The van der Waals surface area contributed by atoms with E-state index < -0.39 is 5.60 Å². The second kappa shape index (κ2) is 3.90. The summed E-state index contributed by atoms with van der Waals surface area (Å²) in [6.07, 6.45) is 1.89. The van der Waals surface area contributed by atoms with Gasteiger partial charge in [0.15, 0.2) is 5.82 Å². The Hall–Kier alpha value is -0.940. The number of aryl methyl sites for hydroxylation is 1. The fourth-order valence-electron chi connectivity index (χ4n) is 2.13. The van der Waals surface area contributed by atoms with Crippen LogP contribution >= 0.6 is 0 Å². The van der Waals surface area contributed by atoms with Crippen molar-refractivity contribution >= 4 is 0 Å². The second-order valence-electron chi connectivity index (χ2n) is 4.35. The molecule has 0 saturated carbocycles. The summed E-state index contributed by atoms with van der Waals surface area (Å²) in [4.78, 5) is 6.25. The lowest BCUT2D eigenvalue weighted by Gasteiger charge is -2.46. The highest BCUT2D eigenvalue weighted by molar-refractivity contribution is 4.97. The van der Waals surface area contributed by atoms with Crippen molar-refractivity contribution in [1.29, 1.82) is 0 Å². The van der Waals surface area contributed by atoms with Crippen LogP contribution in [0.15, 0.2) is 4.52 Å². The van der Waals surface area contributed by atoms with Gasteiger partial charge >= 0.3 is 0 Å². The van der Waals surface area contributed by atoms with Gasteiger partial charge in [0.25, 0.3) is 0 Å². The Balaban J connectivity index is 1.80. The van der Waals surface area contributed by atoms with Crippen molar-refractivity contribution < 1.29 is 9.63 Å². The van der Waals surface area contributed by atoms with E-state index >= 15 is 0 Å². The molecule has 2 heterocycles. The smallest absolute Gasteiger partial charge is 0.223 e. The first-order chi connectivity index (χ1) is 7.11. The van der Waals surface area contributed by atoms with Gasteiger partial charge in [-0.15, -0.1) is 0 Å². The third-order valence-electron chi connectivity index (χ3n) is 2.69. The van der Waals surface area contributed by atoms with Gasteiger partial charge in [0.05, 0.1) is 12.1 Å². The number of hydrogen-bond donors (Lipinski definition) is 1. The lowest BCUT2D eigenvalue weighted by Crippen LogP contribution is -2.61. The number of β-amino-alcohol motifs (C(OH)–C–C–N with tert-alkyl or cyclic N) is 1. The quantitative estimate of drug-likeness (QED) is 0.795. The maximum absolute atomic E-state index is 9.96. The van der Waals surface area contributed by atoms with E-state index in [9.17, 15) is 5.11 Å². The molecule has 0 amide bonds. The summed E-state index contributed by atoms with van der Waals surface area (Å²) in [6.45, 7) is 5.97. The first-order valence-electron chi connectivity index (χ1n) is 5.35. The summed E-state index contributed by atoms with van der Waals surface area (Å²) < 4.78 is 4.88. The standard InChI is InChI=1S/C10H17N3O2/c1-3-4-10(14)6-13(7-10)5-9-11-8(2)15-12-9/h14H,3-7H2,1-2H3. The van der Waals surface area contributed by atoms with E-state index in [2.05, 4.69) is 22.0 Å². The zero-order chi connectivity index (χ0) is 10.9. The molecule has 0 atom stereocenters. The summed E-state index contributed by atoms with van der Waals surface area (Å²) in [5.41, 5.74) is -0.479. The average Bonchev–Trinajstić information content (AvgIpc) is 2.49. The van der Waals surface area contributed by atoms with Gasteiger partial charge in [-0.3, -0.25) is 4.90 Å². The van der Waals surface area contributed by atoms with Crippen LogP contribution in [0.25, 0.3) is 0 Å². The zero-order valence-electron chi connectivity index (χ0n) is 9.23. The first-order valence-corrected chi connectivity index (χ1v) is 5.35. The zero-order valence-corrected chi connectivity index (χ0v) is 9.23. The topological polar surface area (TPSA) is 62.4 Å². The Morgan fingerprint density at radius 3 is 2.80 bits per heavy atom. The molecule has 2 rings (SSSR count). The van der Waals surface area contributed by atoms with Gasteiger partial charge in [-0.1, -0.05) is 18.5 Å². The summed E-state index contributed by atoms with van der Waals surface area (Å²) in [7, 11) is 0. The lowest BCUT2D eigenvalue weighted by atomic mass is 9.89. The molecule has 1 aliphatic heterocycles. The monoisotopic (exact) mass is 211 g/mol. The van der Waals surface area contributed by atoms with Crippen LogP contribution in [-0.2, 0) is 6.54 Å². The molecule has 0 bridgehead atoms. The summed E-state index contributed by atoms with van der Waals surface area (Å²) in [6, 6.07) is 0. The average molecular weight is 211 g/mol. The molecule has 1 aliphatic rings. The van der Waals surface area contributed by atoms with Crippen molar-refractivity contribution in [3.63, 3.8) is 0 Å². The van der Waals surface area contributed by atoms with Crippen LogP contribution in [0, 0.1) is 6.92 Å². The van der Waals surface area contributed by atoms with Crippen LogP contribution < -0.4 is 0 Å². The molecule has 1 saturated heterocycles. The molecule has 1 aromatic rings. The van der Waals surface area contributed by atoms with Gasteiger partial charge in [0.2, 0.25) is 5.89 Å². The van der Waals surface area contributed by atoms with Crippen LogP contribution in [-0.4, -0.2) is 38.8 Å². The molecule has 15 heavy (non-hydrogen) atoms. The van der Waals surface area contributed by atoms with Crippen LogP contribution in [0.3, 0.4) is 0 Å². The molecule has 0 radical (unpaired) electrons. The van der Waals surface area contributed by atoms with Crippen molar-refractivity contribution in [2.45, 2.75) is 38.8 Å². The Morgan fingerprint density at radius 2 is 2.27 bits per heavy atom. The molecule has 0 aliphatic carbocycles. The van der Waals surface area contributed by atoms with Crippen molar-refractivity contribution in [3.05, 3.63) is 11.7 Å². The number of likely N-dealkylation sites (tertiary alicyclic amines) is 1. The Kier molecular flexibility index (Phi) is 2.75. The lowest BCUT2D eigenvalue weighted by molar-refractivity contribution is -0.107. The van der Waals surface area contributed by atoms with E-state index in [-0.39, 0.29) is 0 Å². The van der Waals surface area contributed by atoms with E-state index in [0.717, 1.165) is 12.8 Å². The van der Waals surface area contributed by atoms with Crippen molar-refractivity contribution in [1.82, 2.24) is 15.0 Å². The van der Waals surface area contributed by atoms with Crippen molar-refractivity contribution in [3.8, 4) is 0 Å². The minimum atomic E-state index is -0.479. The first kappa shape index (κ1) is 10.6. The normalized spacial score (nSPS) is 20.2. The number of hydrogen-bond acceptors (Lipinski definition) is 5. The summed E-state index contributed by atoms with van der Waals surface area (Å²) in [5.74, 6) is 1.29. The third kappa shape index (κ3) is 2.35. The van der Waals surface area contributed by atoms with E-state index in [1.54, 1.807) is 6.92 Å². The SMILES string of the molecule is CCCC1(O)CN(Cc2noc(C)n2)C1. The van der Waals surface area contributed by atoms with E-state index in [1.165, 1.54) is 0 Å². The molecule has 1 fully saturated rings. The van der Waals surface area contributed by atoms with Gasteiger partial charge in [0, 0.05) is 20.0 Å². The summed E-state index contributed by atoms with van der Waals surface area (Å²) in [5, 5.41) is 13.8. The van der Waals surface area contributed by atoms with Crippen molar-refractivity contribution in [2.24, 2.45) is 0 Å². The molecule has 0 aromatic carbocycles. The maximum Gasteiger partial charge on any atom is 0.223 e. The minimum Gasteiger partial charge on any atom is -0.387 e. The molecule has 0 unspecified atom stereocenters. The van der Waals surface area contributed by atoms with Crippen LogP contribution in [0.2, 0.25) is 0 Å². The third-order valence-corrected chi connectivity index (χ3v) is 2.69. The number of rotatable bonds is 4. The minimum absolute atomic E-state index is 0.479. The predicted molar refractivity (Wildman–Crippen MR) is 54.2 cm³/mol. The molecular weight excluding hydrogens is 194 g/mol. The predicted octanol–water partition coefficient (Wildman–Crippen LogP) is 0.725. The molecule has 0 spiro atoms. The van der Waals surface area contributed by atoms with E-state index in [1.807, 2.05) is 0 Å². The van der Waals surface area contributed by atoms with Gasteiger partial charge in [0.1, 0.15) is 0 Å². The van der Waals surface area contributed by atoms with E-state index in [0.29, 0.717) is 31.3 Å². The maximum atomic E-state index is 9.96. The molecule has 5 heteroatoms. The summed E-state index contributed by atoms with van der Waals surface area (Å²) >= 11 is 0. The highest BCUT2D eigenvalue weighted by atomic mass is 16.5. The fourth-order valence-corrected chi connectivity index (χ4v) is 2.13. The van der Waals surface area contributed by atoms with Gasteiger partial charge < -0.3 is 9.63 Å². The molecular formula is C10H17N3O2. The second-order valence-corrected chi connectivity index (χ2v) is 4.35. The molecule has 1 N–H and O–H groups in total. The Bertz CT molecular complexity index is 331. The van der Waals surface area contributed by atoms with Crippen LogP contribution in [0.1, 0.15) is 31.5 Å². The van der Waals surface area contributed by atoms with Gasteiger partial charge in [-0.25, -0.2) is 0 Å². The molecule has 84 valence electrons. The number of aromatic nitrogens is 2. The van der Waals surface area contributed by atoms with E-state index in [4.69, 9.17) is 4.52 Å². The fraction of sp³-hybridized carbons (Fsp3) is 0.800. The van der Waals surface area contributed by atoms with Gasteiger partial charge in [-0.05, 0) is 6.42 Å².